The van der Waals surface area contributed by atoms with Crippen molar-refractivity contribution < 1.29 is 27.8 Å². The van der Waals surface area contributed by atoms with Crippen LogP contribution in [-0.2, 0) is 21.0 Å². The average molecular weight is 410 g/mol. The topological polar surface area (TPSA) is 93.6 Å². The van der Waals surface area contributed by atoms with Gasteiger partial charge >= 0.3 is 11.9 Å². The first-order valence-corrected chi connectivity index (χ1v) is 11.5. The smallest absolute Gasteiger partial charge is 0.390 e. The Morgan fingerprint density at radius 1 is 1.37 bits per heavy atom. The van der Waals surface area contributed by atoms with E-state index in [0.29, 0.717) is 6.20 Å². The zero-order valence-corrected chi connectivity index (χ0v) is 17.0. The molecule has 154 valence electrons. The molecule has 0 aromatic carbocycles. The molecule has 27 heavy (non-hydrogen) atoms. The highest BCUT2D eigenvalue weighted by molar-refractivity contribution is 6.58. The minimum atomic E-state index is -4.92. The predicted octanol–water partition coefficient (Wildman–Crippen LogP) is 1.20. The van der Waals surface area contributed by atoms with Gasteiger partial charge in [0.05, 0.1) is 27.1 Å². The van der Waals surface area contributed by atoms with Crippen molar-refractivity contribution in [2.45, 2.75) is 69.6 Å². The summed E-state index contributed by atoms with van der Waals surface area (Å²) >= 11 is 0. The van der Waals surface area contributed by atoms with Crippen LogP contribution < -0.4 is 11.2 Å². The molecule has 1 aromatic rings. The number of H-pyrrole nitrogens is 1. The maximum absolute atomic E-state index is 13.1. The average Bonchev–Trinajstić information content (AvgIpc) is 2.81. The Kier molecular flexibility index (Phi) is 5.82. The van der Waals surface area contributed by atoms with E-state index < -0.39 is 54.9 Å². The molecule has 11 heteroatoms. The Morgan fingerprint density at radius 3 is 2.44 bits per heavy atom. The van der Waals surface area contributed by atoms with Gasteiger partial charge in [-0.1, -0.05) is 13.1 Å². The van der Waals surface area contributed by atoms with E-state index in [1.54, 1.807) is 18.1 Å². The molecule has 1 aliphatic heterocycles. The molecule has 0 unspecified atom stereocenters. The zero-order valence-electron chi connectivity index (χ0n) is 15.9. The number of aliphatic hydroxyl groups is 1. The number of aromatic amines is 1. The van der Waals surface area contributed by atoms with E-state index in [-0.39, 0.29) is 13.0 Å². The Labute approximate surface area is 155 Å². The number of nitrogens with one attached hydrogen (secondary N) is 1. The number of rotatable bonds is 4. The summed E-state index contributed by atoms with van der Waals surface area (Å²) in [5.74, 6) is 0. The first-order chi connectivity index (χ1) is 12.2. The summed E-state index contributed by atoms with van der Waals surface area (Å²) in [6, 6.07) is 0. The monoisotopic (exact) mass is 410 g/mol. The Bertz CT molecular complexity index is 799. The predicted molar refractivity (Wildman–Crippen MR) is 94.4 cm³/mol. The van der Waals surface area contributed by atoms with Gasteiger partial charge < -0.3 is 14.6 Å². The van der Waals surface area contributed by atoms with Crippen molar-refractivity contribution in [1.82, 2.24) is 9.55 Å². The lowest BCUT2D eigenvalue weighted by Gasteiger charge is -2.35. The highest BCUT2D eigenvalue weighted by Crippen LogP contribution is 2.38. The summed E-state index contributed by atoms with van der Waals surface area (Å²) < 4.78 is 51.8. The maximum Gasteiger partial charge on any atom is 0.423 e. The molecular weight excluding hydrogens is 385 g/mol. The van der Waals surface area contributed by atoms with Crippen molar-refractivity contribution in [1.29, 1.82) is 0 Å². The van der Waals surface area contributed by atoms with Crippen LogP contribution >= 0.6 is 0 Å². The molecule has 1 fully saturated rings. The van der Waals surface area contributed by atoms with Crippen LogP contribution in [0.4, 0.5) is 13.2 Å². The zero-order chi connectivity index (χ0) is 20.8. The summed E-state index contributed by atoms with van der Waals surface area (Å²) in [4.78, 5) is 25.6. The second-order valence-electron chi connectivity index (χ2n) is 8.02. The summed E-state index contributed by atoms with van der Waals surface area (Å²) in [6.07, 6.45) is -6.30. The number of nitrogens with zero attached hydrogens (tertiary/aromatic N) is 1. The van der Waals surface area contributed by atoms with Crippen LogP contribution in [0.15, 0.2) is 15.8 Å². The molecule has 0 amide bonds. The number of hydrogen-bond acceptors (Lipinski definition) is 5. The van der Waals surface area contributed by atoms with Crippen LogP contribution in [-0.4, -0.2) is 47.9 Å². The van der Waals surface area contributed by atoms with E-state index >= 15 is 0 Å². The lowest BCUT2D eigenvalue weighted by molar-refractivity contribution is -0.140. The number of alkyl halides is 3. The van der Waals surface area contributed by atoms with Crippen molar-refractivity contribution in [2.24, 2.45) is 0 Å². The molecule has 0 radical (unpaired) electrons. The molecule has 0 bridgehead atoms. The molecule has 7 nitrogen and oxygen atoms in total. The molecule has 0 spiro atoms. The van der Waals surface area contributed by atoms with E-state index in [1.807, 2.05) is 20.8 Å². The number of aromatic nitrogens is 2. The van der Waals surface area contributed by atoms with Crippen LogP contribution in [0.2, 0.25) is 13.1 Å². The fraction of sp³-hybridized carbons (Fsp3) is 0.750. The first kappa shape index (κ1) is 21.9. The van der Waals surface area contributed by atoms with Crippen molar-refractivity contribution in [2.75, 3.05) is 6.61 Å². The Morgan fingerprint density at radius 2 is 1.96 bits per heavy atom. The standard InChI is InChI=1S/C16H25F3N2O5Si/c1-14(2,3)25-8-11-10(22)6-15(26-11,27(4)5)21-7-9(16(17,18)19)12(23)20-13(21)24/h7,10-11,22,27H,6,8H2,1-5H3,(H,20,23,24)/t10-,11+,15-/m0/s1. The fourth-order valence-corrected chi connectivity index (χ4v) is 4.96. The van der Waals surface area contributed by atoms with Crippen molar-refractivity contribution >= 4 is 8.80 Å². The highest BCUT2D eigenvalue weighted by Gasteiger charge is 2.51. The van der Waals surface area contributed by atoms with E-state index in [2.05, 4.69) is 0 Å². The quantitative estimate of drug-likeness (QED) is 0.728. The van der Waals surface area contributed by atoms with Gasteiger partial charge in [-0.25, -0.2) is 4.79 Å². The van der Waals surface area contributed by atoms with Crippen molar-refractivity contribution in [3.8, 4) is 0 Å². The maximum atomic E-state index is 13.1. The lowest BCUT2D eigenvalue weighted by Crippen LogP contribution is -2.52. The number of hydrogen-bond donors (Lipinski definition) is 2. The Balaban J connectivity index is 2.50. The van der Waals surface area contributed by atoms with E-state index in [1.165, 1.54) is 0 Å². The highest BCUT2D eigenvalue weighted by atomic mass is 28.3. The first-order valence-electron chi connectivity index (χ1n) is 8.61. The molecule has 3 atom stereocenters. The molecule has 2 N–H and O–H groups in total. The summed E-state index contributed by atoms with van der Waals surface area (Å²) in [5.41, 5.74) is -4.49. The largest absolute Gasteiger partial charge is 0.423 e. The third-order valence-electron chi connectivity index (χ3n) is 4.52. The van der Waals surface area contributed by atoms with Crippen LogP contribution in [0.25, 0.3) is 0 Å². The van der Waals surface area contributed by atoms with E-state index in [4.69, 9.17) is 9.47 Å². The SMILES string of the molecule is C[SiH](C)[C@]1(n2cc(C(F)(F)F)c(=O)[nH]c2=O)C[C@H](O)[C@@H](COC(C)(C)C)O1. The third-order valence-corrected chi connectivity index (χ3v) is 6.98. The second-order valence-corrected chi connectivity index (χ2v) is 11.2. The summed E-state index contributed by atoms with van der Waals surface area (Å²) in [7, 11) is -2.01. The van der Waals surface area contributed by atoms with Gasteiger partial charge in [-0.05, 0) is 20.8 Å². The van der Waals surface area contributed by atoms with Crippen LogP contribution in [0.3, 0.4) is 0 Å². The van der Waals surface area contributed by atoms with Gasteiger partial charge in [-0.2, -0.15) is 13.2 Å². The third kappa shape index (κ3) is 4.53. The minimum Gasteiger partial charge on any atom is -0.390 e. The molecule has 0 aliphatic carbocycles. The van der Waals surface area contributed by atoms with Gasteiger partial charge in [-0.15, -0.1) is 0 Å². The van der Waals surface area contributed by atoms with Gasteiger partial charge in [0.2, 0.25) is 0 Å². The summed E-state index contributed by atoms with van der Waals surface area (Å²) in [6.45, 7) is 9.08. The van der Waals surface area contributed by atoms with Gasteiger partial charge in [-0.3, -0.25) is 14.3 Å². The molecule has 1 saturated heterocycles. The van der Waals surface area contributed by atoms with Gasteiger partial charge in [0.15, 0.2) is 0 Å². The minimum absolute atomic E-state index is 0.0256. The van der Waals surface area contributed by atoms with Gasteiger partial charge in [0.1, 0.15) is 17.0 Å². The molecule has 0 saturated carbocycles. The van der Waals surface area contributed by atoms with Crippen molar-refractivity contribution in [3.05, 3.63) is 32.6 Å². The van der Waals surface area contributed by atoms with Crippen LogP contribution in [0.1, 0.15) is 32.8 Å². The van der Waals surface area contributed by atoms with Crippen molar-refractivity contribution in [3.63, 3.8) is 0 Å². The second kappa shape index (κ2) is 7.19. The van der Waals surface area contributed by atoms with E-state index in [9.17, 15) is 27.9 Å². The molecular formula is C16H25F3N2O5Si. The molecule has 1 aliphatic rings. The molecule has 1 aromatic heterocycles. The summed E-state index contributed by atoms with van der Waals surface area (Å²) in [5, 5.41) is 9.00. The van der Waals surface area contributed by atoms with E-state index in [0.717, 1.165) is 4.57 Å². The number of ether oxygens (including phenoxy) is 2. The lowest BCUT2D eigenvalue weighted by atomic mass is 10.1. The normalized spacial score (nSPS) is 26.7. The van der Waals surface area contributed by atoms with Crippen LogP contribution in [0.5, 0.6) is 0 Å². The molecule has 2 heterocycles. The molecule has 2 rings (SSSR count). The Hall–Kier alpha value is -1.43. The number of halogens is 3. The fourth-order valence-electron chi connectivity index (χ4n) is 3.06. The van der Waals surface area contributed by atoms with Gasteiger partial charge in [0, 0.05) is 12.6 Å². The number of aliphatic hydroxyl groups excluding tert-OH is 1. The van der Waals surface area contributed by atoms with Crippen LogP contribution in [0, 0.1) is 0 Å². The van der Waals surface area contributed by atoms with Gasteiger partial charge in [0.25, 0.3) is 5.56 Å².